The number of aromatic nitrogens is 1. The molecule has 1 atom stereocenters. The summed E-state index contributed by atoms with van der Waals surface area (Å²) in [5.74, 6) is 1.00. The molecule has 1 N–H and O–H groups in total. The third kappa shape index (κ3) is 1.93. The molecule has 1 aromatic heterocycles. The molecule has 5 heteroatoms. The highest BCUT2D eigenvalue weighted by atomic mass is 35.5. The maximum atomic E-state index is 12.9. The van der Waals surface area contributed by atoms with Gasteiger partial charge in [0.1, 0.15) is 11.3 Å². The van der Waals surface area contributed by atoms with Crippen molar-refractivity contribution in [3.8, 4) is 5.75 Å². The van der Waals surface area contributed by atoms with Crippen molar-refractivity contribution in [3.05, 3.63) is 63.8 Å². The molecule has 0 saturated heterocycles. The van der Waals surface area contributed by atoms with E-state index in [4.69, 9.17) is 16.3 Å². The monoisotopic (exact) mass is 366 g/mol. The van der Waals surface area contributed by atoms with Crippen LogP contribution < -0.4 is 4.74 Å². The van der Waals surface area contributed by atoms with Gasteiger partial charge in [-0.2, -0.15) is 0 Å². The van der Waals surface area contributed by atoms with Crippen LogP contribution in [0.1, 0.15) is 29.3 Å². The highest BCUT2D eigenvalue weighted by Crippen LogP contribution is 2.47. The Morgan fingerprint density at radius 3 is 2.88 bits per heavy atom. The first kappa shape index (κ1) is 15.8. The van der Waals surface area contributed by atoms with Gasteiger partial charge in [-0.15, -0.1) is 0 Å². The minimum absolute atomic E-state index is 0.157. The van der Waals surface area contributed by atoms with E-state index in [1.165, 1.54) is 10.9 Å². The van der Waals surface area contributed by atoms with Crippen LogP contribution in [0.2, 0.25) is 5.02 Å². The lowest BCUT2D eigenvalue weighted by Crippen LogP contribution is -2.56. The average molecular weight is 367 g/mol. The number of hydrogen-bond acceptors (Lipinski definition) is 2. The van der Waals surface area contributed by atoms with Gasteiger partial charge in [-0.05, 0) is 60.4 Å². The number of benzene rings is 2. The maximum Gasteiger partial charge on any atom is 0.228 e. The number of aromatic amines is 1. The van der Waals surface area contributed by atoms with Crippen molar-refractivity contribution in [3.63, 3.8) is 0 Å². The normalized spacial score (nSPS) is 21.3. The topological polar surface area (TPSA) is 45.3 Å². The van der Waals surface area contributed by atoms with Crippen molar-refractivity contribution in [2.75, 3.05) is 13.7 Å². The van der Waals surface area contributed by atoms with Gasteiger partial charge in [0, 0.05) is 28.2 Å². The van der Waals surface area contributed by atoms with Crippen LogP contribution in [0.5, 0.6) is 5.75 Å². The molecule has 0 spiro atoms. The van der Waals surface area contributed by atoms with Crippen molar-refractivity contribution >= 4 is 28.4 Å². The molecule has 0 saturated carbocycles. The quantitative estimate of drug-likeness (QED) is 0.706. The molecule has 2 aromatic carbocycles. The minimum atomic E-state index is -0.505. The molecule has 3 aromatic rings. The summed E-state index contributed by atoms with van der Waals surface area (Å²) < 4.78 is 5.41. The summed E-state index contributed by atoms with van der Waals surface area (Å²) in [5, 5.41) is 1.85. The molecule has 0 aliphatic carbocycles. The number of hydrogen-bond donors (Lipinski definition) is 1. The van der Waals surface area contributed by atoms with Crippen molar-refractivity contribution < 1.29 is 9.53 Å². The highest BCUT2D eigenvalue weighted by Gasteiger charge is 2.48. The predicted molar refractivity (Wildman–Crippen MR) is 102 cm³/mol. The zero-order valence-corrected chi connectivity index (χ0v) is 15.5. The molecule has 3 heterocycles. The molecule has 5 rings (SSSR count). The Morgan fingerprint density at radius 2 is 2.08 bits per heavy atom. The lowest BCUT2D eigenvalue weighted by atomic mass is 9.75. The third-order valence-corrected chi connectivity index (χ3v) is 6.19. The van der Waals surface area contributed by atoms with E-state index in [0.717, 1.165) is 34.5 Å². The molecule has 1 amide bonds. The second kappa shape index (κ2) is 5.27. The summed E-state index contributed by atoms with van der Waals surface area (Å²) in [7, 11) is 1.68. The van der Waals surface area contributed by atoms with Crippen LogP contribution in [0.4, 0.5) is 0 Å². The first-order valence-corrected chi connectivity index (χ1v) is 9.18. The third-order valence-electron chi connectivity index (χ3n) is 5.96. The Hall–Kier alpha value is -2.46. The number of amides is 1. The summed E-state index contributed by atoms with van der Waals surface area (Å²) in [6, 6.07) is 12.0. The summed E-state index contributed by atoms with van der Waals surface area (Å²) in [5.41, 5.74) is 5.12. The number of nitrogens with zero attached hydrogens (tertiary/aromatic N) is 1. The standard InChI is InChI=1S/C21H19ClN2O2/c1-21-17-5-3-13(22)9-12(17)10-19(25)24(21)8-7-15-16-11-14(26-2)4-6-18(16)23-20(15)21/h3-6,9,11,23H,7-8,10H2,1-2H3. The number of fused-ring (bicyclic) bond motifs is 7. The van der Waals surface area contributed by atoms with E-state index < -0.39 is 5.54 Å². The highest BCUT2D eigenvalue weighted by molar-refractivity contribution is 6.30. The smallest absolute Gasteiger partial charge is 0.228 e. The Balaban J connectivity index is 1.81. The molecular formula is C21H19ClN2O2. The number of H-pyrrole nitrogens is 1. The van der Waals surface area contributed by atoms with Gasteiger partial charge in [0.05, 0.1) is 13.5 Å². The number of ether oxygens (including phenoxy) is 1. The SMILES string of the molecule is COc1ccc2[nH]c3c(c2c1)CCN1C(=O)Cc2cc(Cl)ccc2C31C. The van der Waals surface area contributed by atoms with E-state index in [1.54, 1.807) is 7.11 Å². The van der Waals surface area contributed by atoms with E-state index in [2.05, 4.69) is 24.0 Å². The fourth-order valence-corrected chi connectivity index (χ4v) is 4.90. The van der Waals surface area contributed by atoms with Gasteiger partial charge in [-0.25, -0.2) is 0 Å². The zero-order valence-electron chi connectivity index (χ0n) is 14.7. The van der Waals surface area contributed by atoms with E-state index in [0.29, 0.717) is 18.0 Å². The zero-order chi connectivity index (χ0) is 18.1. The van der Waals surface area contributed by atoms with Gasteiger partial charge >= 0.3 is 0 Å². The van der Waals surface area contributed by atoms with Gasteiger partial charge in [0.15, 0.2) is 0 Å². The fourth-order valence-electron chi connectivity index (χ4n) is 4.71. The lowest BCUT2D eigenvalue weighted by Gasteiger charge is -2.48. The van der Waals surface area contributed by atoms with Gasteiger partial charge in [0.25, 0.3) is 0 Å². The minimum Gasteiger partial charge on any atom is -0.497 e. The van der Waals surface area contributed by atoms with E-state index >= 15 is 0 Å². The second-order valence-corrected chi connectivity index (χ2v) is 7.67. The van der Waals surface area contributed by atoms with Crippen LogP contribution in [0, 0.1) is 0 Å². The molecule has 0 radical (unpaired) electrons. The van der Waals surface area contributed by atoms with Crippen molar-refractivity contribution in [2.24, 2.45) is 0 Å². The van der Waals surface area contributed by atoms with Gasteiger partial charge in [-0.3, -0.25) is 4.79 Å². The van der Waals surface area contributed by atoms with Gasteiger partial charge < -0.3 is 14.6 Å². The predicted octanol–water partition coefficient (Wildman–Crippen LogP) is 4.03. The maximum absolute atomic E-state index is 12.9. The number of carbonyl (C=O) groups excluding carboxylic acids is 1. The molecule has 132 valence electrons. The van der Waals surface area contributed by atoms with E-state index in [-0.39, 0.29) is 5.91 Å². The van der Waals surface area contributed by atoms with Crippen LogP contribution in [-0.4, -0.2) is 29.4 Å². The molecule has 4 nitrogen and oxygen atoms in total. The largest absolute Gasteiger partial charge is 0.497 e. The molecule has 0 bridgehead atoms. The van der Waals surface area contributed by atoms with Gasteiger partial charge in [-0.1, -0.05) is 17.7 Å². The summed E-state index contributed by atoms with van der Waals surface area (Å²) >= 11 is 6.20. The van der Waals surface area contributed by atoms with E-state index in [1.807, 2.05) is 29.2 Å². The molecule has 26 heavy (non-hydrogen) atoms. The van der Waals surface area contributed by atoms with Crippen molar-refractivity contribution in [1.29, 1.82) is 0 Å². The molecule has 1 unspecified atom stereocenters. The summed E-state index contributed by atoms with van der Waals surface area (Å²) in [4.78, 5) is 18.5. The summed E-state index contributed by atoms with van der Waals surface area (Å²) in [6.07, 6.45) is 1.25. The number of carbonyl (C=O) groups is 1. The Morgan fingerprint density at radius 1 is 1.23 bits per heavy atom. The Kier molecular flexibility index (Phi) is 3.20. The Labute approximate surface area is 156 Å². The second-order valence-electron chi connectivity index (χ2n) is 7.24. The van der Waals surface area contributed by atoms with Crippen LogP contribution in [0.15, 0.2) is 36.4 Å². The number of nitrogens with one attached hydrogen (secondary N) is 1. The van der Waals surface area contributed by atoms with Crippen LogP contribution in [0.3, 0.4) is 0 Å². The van der Waals surface area contributed by atoms with Crippen molar-refractivity contribution in [2.45, 2.75) is 25.3 Å². The van der Waals surface area contributed by atoms with Gasteiger partial charge in [0.2, 0.25) is 5.91 Å². The Bertz CT molecular complexity index is 1070. The first-order valence-electron chi connectivity index (χ1n) is 8.81. The molecule has 0 fully saturated rings. The number of rotatable bonds is 1. The lowest BCUT2D eigenvalue weighted by molar-refractivity contribution is -0.137. The van der Waals surface area contributed by atoms with E-state index in [9.17, 15) is 4.79 Å². The molecule has 2 aliphatic rings. The fraction of sp³-hybridized carbons (Fsp3) is 0.286. The number of methoxy groups -OCH3 is 1. The van der Waals surface area contributed by atoms with Crippen LogP contribution in [0.25, 0.3) is 10.9 Å². The number of halogens is 1. The van der Waals surface area contributed by atoms with Crippen LogP contribution >= 0.6 is 11.6 Å². The average Bonchev–Trinajstić information content (AvgIpc) is 3.00. The summed E-state index contributed by atoms with van der Waals surface area (Å²) in [6.45, 7) is 2.86. The van der Waals surface area contributed by atoms with Crippen molar-refractivity contribution in [1.82, 2.24) is 9.88 Å². The molecular weight excluding hydrogens is 348 g/mol. The molecule has 2 aliphatic heterocycles. The first-order chi connectivity index (χ1) is 12.5. The van der Waals surface area contributed by atoms with Crippen LogP contribution in [-0.2, 0) is 23.2 Å².